The molecule has 0 radical (unpaired) electrons. The molecule has 1 rings (SSSR count). The third-order valence-corrected chi connectivity index (χ3v) is 4.04. The van der Waals surface area contributed by atoms with E-state index in [-0.39, 0.29) is 19.8 Å². The van der Waals surface area contributed by atoms with Gasteiger partial charge in [-0.2, -0.15) is 0 Å². The summed E-state index contributed by atoms with van der Waals surface area (Å²) in [5.41, 5.74) is -0.656. The van der Waals surface area contributed by atoms with Crippen LogP contribution < -0.4 is 0 Å². The molecule has 0 bridgehead atoms. The van der Waals surface area contributed by atoms with E-state index in [4.69, 9.17) is 5.11 Å². The second-order valence-electron chi connectivity index (χ2n) is 4.92. The summed E-state index contributed by atoms with van der Waals surface area (Å²) in [6, 6.07) is 0.430. The van der Waals surface area contributed by atoms with Gasteiger partial charge in [-0.3, -0.25) is 4.90 Å². The van der Waals surface area contributed by atoms with E-state index in [1.165, 1.54) is 19.3 Å². The third kappa shape index (κ3) is 2.94. The maximum absolute atomic E-state index is 9.50. The van der Waals surface area contributed by atoms with Crippen LogP contribution >= 0.6 is 0 Å². The minimum atomic E-state index is -0.656. The van der Waals surface area contributed by atoms with Crippen LogP contribution in [0, 0.1) is 0 Å². The molecule has 0 aliphatic heterocycles. The first-order valence-corrected chi connectivity index (χ1v) is 6.25. The van der Waals surface area contributed by atoms with Crippen LogP contribution in [0.1, 0.15) is 38.5 Å². The highest BCUT2D eigenvalue weighted by atomic mass is 16.3. The van der Waals surface area contributed by atoms with Crippen molar-refractivity contribution in [2.75, 3.05) is 26.9 Å². The molecule has 0 atom stereocenters. The monoisotopic (exact) mass is 231 g/mol. The Morgan fingerprint density at radius 1 is 1.06 bits per heavy atom. The highest BCUT2D eigenvalue weighted by Gasteiger charge is 2.37. The van der Waals surface area contributed by atoms with Gasteiger partial charge in [0.25, 0.3) is 0 Å². The quantitative estimate of drug-likeness (QED) is 0.617. The van der Waals surface area contributed by atoms with Crippen LogP contribution in [0.4, 0.5) is 0 Å². The number of rotatable bonds is 6. The average Bonchev–Trinajstić information content (AvgIpc) is 2.36. The van der Waals surface area contributed by atoms with Crippen molar-refractivity contribution in [1.29, 1.82) is 0 Å². The van der Waals surface area contributed by atoms with Gasteiger partial charge in [-0.05, 0) is 26.3 Å². The second kappa shape index (κ2) is 6.55. The molecule has 96 valence electrons. The predicted octanol–water partition coefficient (Wildman–Crippen LogP) is 0.357. The van der Waals surface area contributed by atoms with Crippen LogP contribution in [-0.4, -0.2) is 58.7 Å². The molecule has 0 unspecified atom stereocenters. The normalized spacial score (nSPS) is 19.3. The molecule has 0 saturated heterocycles. The summed E-state index contributed by atoms with van der Waals surface area (Å²) in [6.45, 7) is -0.202. The topological polar surface area (TPSA) is 63.9 Å². The van der Waals surface area contributed by atoms with Crippen molar-refractivity contribution in [3.8, 4) is 0 Å². The first-order chi connectivity index (χ1) is 7.70. The van der Waals surface area contributed by atoms with Crippen LogP contribution in [0.3, 0.4) is 0 Å². The van der Waals surface area contributed by atoms with E-state index < -0.39 is 5.54 Å². The van der Waals surface area contributed by atoms with Gasteiger partial charge in [0.05, 0.1) is 18.8 Å². The lowest BCUT2D eigenvalue weighted by Gasteiger charge is -2.45. The number of hydrogen-bond acceptors (Lipinski definition) is 4. The van der Waals surface area contributed by atoms with Crippen molar-refractivity contribution < 1.29 is 15.3 Å². The lowest BCUT2D eigenvalue weighted by molar-refractivity contribution is -0.0428. The maximum Gasteiger partial charge on any atom is 0.0694 e. The van der Waals surface area contributed by atoms with E-state index in [2.05, 4.69) is 4.90 Å². The molecule has 16 heavy (non-hydrogen) atoms. The third-order valence-electron chi connectivity index (χ3n) is 4.04. The van der Waals surface area contributed by atoms with Gasteiger partial charge >= 0.3 is 0 Å². The van der Waals surface area contributed by atoms with Crippen LogP contribution in [0.15, 0.2) is 0 Å². The lowest BCUT2D eigenvalue weighted by atomic mass is 9.88. The fraction of sp³-hybridized carbons (Fsp3) is 1.00. The summed E-state index contributed by atoms with van der Waals surface area (Å²) in [5.74, 6) is 0. The van der Waals surface area contributed by atoms with Crippen LogP contribution in [-0.2, 0) is 0 Å². The van der Waals surface area contributed by atoms with Gasteiger partial charge in [0, 0.05) is 12.6 Å². The van der Waals surface area contributed by atoms with Crippen molar-refractivity contribution in [3.05, 3.63) is 0 Å². The highest BCUT2D eigenvalue weighted by Crippen LogP contribution is 2.28. The van der Waals surface area contributed by atoms with E-state index in [1.807, 2.05) is 7.05 Å². The molecule has 4 heteroatoms. The molecule has 0 amide bonds. The minimum Gasteiger partial charge on any atom is -0.396 e. The fourth-order valence-electron chi connectivity index (χ4n) is 2.67. The maximum atomic E-state index is 9.50. The second-order valence-corrected chi connectivity index (χ2v) is 4.92. The Morgan fingerprint density at radius 3 is 2.06 bits per heavy atom. The zero-order chi connectivity index (χ0) is 12.0. The summed E-state index contributed by atoms with van der Waals surface area (Å²) in [4.78, 5) is 2.09. The van der Waals surface area contributed by atoms with Crippen molar-refractivity contribution in [1.82, 2.24) is 4.90 Å². The molecule has 1 fully saturated rings. The summed E-state index contributed by atoms with van der Waals surface area (Å²) in [5, 5.41) is 28.1. The predicted molar refractivity (Wildman–Crippen MR) is 63.2 cm³/mol. The molecule has 1 aliphatic rings. The first kappa shape index (κ1) is 13.9. The summed E-state index contributed by atoms with van der Waals surface area (Å²) >= 11 is 0. The van der Waals surface area contributed by atoms with Gasteiger partial charge in [0.1, 0.15) is 0 Å². The van der Waals surface area contributed by atoms with Gasteiger partial charge < -0.3 is 15.3 Å². The molecule has 1 saturated carbocycles. The lowest BCUT2D eigenvalue weighted by Crippen LogP contribution is -2.57. The molecule has 1 aliphatic carbocycles. The standard InChI is InChI=1S/C12H25NO3/c1-13(11-5-3-2-4-6-11)12(9-15,10-16)7-8-14/h11,14-16H,2-10H2,1H3. The summed E-state index contributed by atoms with van der Waals surface area (Å²) in [6.07, 6.45) is 6.41. The Bertz CT molecular complexity index is 189. The van der Waals surface area contributed by atoms with Crippen molar-refractivity contribution in [2.24, 2.45) is 0 Å². The van der Waals surface area contributed by atoms with Gasteiger partial charge in [0.2, 0.25) is 0 Å². The fourth-order valence-corrected chi connectivity index (χ4v) is 2.67. The molecule has 0 aromatic rings. The number of hydrogen-bond donors (Lipinski definition) is 3. The molecule has 3 N–H and O–H groups in total. The van der Waals surface area contributed by atoms with E-state index >= 15 is 0 Å². The van der Waals surface area contributed by atoms with E-state index in [0.29, 0.717) is 12.5 Å². The number of aliphatic hydroxyl groups is 3. The molecular weight excluding hydrogens is 206 g/mol. The van der Waals surface area contributed by atoms with E-state index in [1.54, 1.807) is 0 Å². The smallest absolute Gasteiger partial charge is 0.0694 e. The van der Waals surface area contributed by atoms with Crippen molar-refractivity contribution in [2.45, 2.75) is 50.1 Å². The number of likely N-dealkylation sites (N-methyl/N-ethyl adjacent to an activating group) is 1. The Labute approximate surface area is 97.9 Å². The van der Waals surface area contributed by atoms with E-state index in [9.17, 15) is 10.2 Å². The Morgan fingerprint density at radius 2 is 1.62 bits per heavy atom. The van der Waals surface area contributed by atoms with Crippen molar-refractivity contribution >= 4 is 0 Å². The molecule has 0 aromatic heterocycles. The Hall–Kier alpha value is -0.160. The zero-order valence-corrected chi connectivity index (χ0v) is 10.2. The molecule has 0 spiro atoms. The van der Waals surface area contributed by atoms with Gasteiger partial charge in [-0.15, -0.1) is 0 Å². The largest absolute Gasteiger partial charge is 0.396 e. The van der Waals surface area contributed by atoms with Crippen LogP contribution in [0.25, 0.3) is 0 Å². The van der Waals surface area contributed by atoms with Gasteiger partial charge in [-0.25, -0.2) is 0 Å². The Kier molecular flexibility index (Phi) is 5.69. The first-order valence-electron chi connectivity index (χ1n) is 6.25. The Balaban J connectivity index is 2.67. The summed E-state index contributed by atoms with van der Waals surface area (Å²) in [7, 11) is 1.96. The number of nitrogens with zero attached hydrogens (tertiary/aromatic N) is 1. The average molecular weight is 231 g/mol. The molecular formula is C12H25NO3. The van der Waals surface area contributed by atoms with Crippen molar-refractivity contribution in [3.63, 3.8) is 0 Å². The SMILES string of the molecule is CN(C1CCCCC1)C(CO)(CO)CCO. The molecule has 4 nitrogen and oxygen atoms in total. The van der Waals surface area contributed by atoms with Crippen LogP contribution in [0.2, 0.25) is 0 Å². The van der Waals surface area contributed by atoms with E-state index in [0.717, 1.165) is 12.8 Å². The van der Waals surface area contributed by atoms with Crippen LogP contribution in [0.5, 0.6) is 0 Å². The molecule has 0 aromatic carbocycles. The minimum absolute atomic E-state index is 0.00181. The summed E-state index contributed by atoms with van der Waals surface area (Å²) < 4.78 is 0. The molecule has 0 heterocycles. The number of aliphatic hydroxyl groups excluding tert-OH is 3. The van der Waals surface area contributed by atoms with Gasteiger partial charge in [0.15, 0.2) is 0 Å². The zero-order valence-electron chi connectivity index (χ0n) is 10.2. The highest BCUT2D eigenvalue weighted by molar-refractivity contribution is 4.92. The van der Waals surface area contributed by atoms with Gasteiger partial charge in [-0.1, -0.05) is 19.3 Å².